The molecule has 0 spiro atoms. The van der Waals surface area contributed by atoms with Crippen LogP contribution in [0, 0.1) is 5.92 Å². The first-order valence-corrected chi connectivity index (χ1v) is 8.24. The van der Waals surface area contributed by atoms with E-state index in [4.69, 9.17) is 0 Å². The molecule has 2 aliphatic rings. The molecule has 110 valence electrons. The normalized spacial score (nSPS) is 26.8. The Morgan fingerprint density at radius 1 is 1.10 bits per heavy atom. The number of rotatable bonds is 2. The average Bonchev–Trinajstić information content (AvgIpc) is 3.34. The fourth-order valence-corrected chi connectivity index (χ4v) is 3.86. The molecular weight excluding hydrogens is 256 g/mol. The standard InChI is InChI=1S/C19H24N2/c1-19(16-10-11-16)14-21(13-5-12-20-19)18-9-4-7-15-6-2-3-8-17(15)18/h2-4,6-9,16,20H,5,10-14H2,1H3. The average molecular weight is 280 g/mol. The lowest BCUT2D eigenvalue weighted by Gasteiger charge is -2.35. The van der Waals surface area contributed by atoms with Crippen LogP contribution in [0.2, 0.25) is 0 Å². The minimum absolute atomic E-state index is 0.285. The first kappa shape index (κ1) is 13.1. The summed E-state index contributed by atoms with van der Waals surface area (Å²) in [4.78, 5) is 2.61. The van der Waals surface area contributed by atoms with Crippen molar-refractivity contribution >= 4 is 16.5 Å². The first-order chi connectivity index (χ1) is 10.3. The molecule has 1 aliphatic carbocycles. The van der Waals surface area contributed by atoms with Gasteiger partial charge in [-0.3, -0.25) is 0 Å². The van der Waals surface area contributed by atoms with Crippen molar-refractivity contribution in [3.8, 4) is 0 Å². The lowest BCUT2D eigenvalue weighted by molar-refractivity contribution is 0.332. The van der Waals surface area contributed by atoms with Gasteiger partial charge in [0.2, 0.25) is 0 Å². The number of fused-ring (bicyclic) bond motifs is 1. The van der Waals surface area contributed by atoms with Gasteiger partial charge in [-0.2, -0.15) is 0 Å². The van der Waals surface area contributed by atoms with Crippen LogP contribution in [0.3, 0.4) is 0 Å². The maximum Gasteiger partial charge on any atom is 0.0446 e. The number of nitrogens with one attached hydrogen (secondary N) is 1. The predicted molar refractivity (Wildman–Crippen MR) is 89.9 cm³/mol. The zero-order valence-corrected chi connectivity index (χ0v) is 12.8. The highest BCUT2D eigenvalue weighted by atomic mass is 15.2. The summed E-state index contributed by atoms with van der Waals surface area (Å²) in [6, 6.07) is 15.5. The topological polar surface area (TPSA) is 15.3 Å². The molecule has 2 fully saturated rings. The Kier molecular flexibility index (Phi) is 3.15. The quantitative estimate of drug-likeness (QED) is 0.900. The Balaban J connectivity index is 1.73. The van der Waals surface area contributed by atoms with Crippen molar-refractivity contribution in [2.75, 3.05) is 24.5 Å². The van der Waals surface area contributed by atoms with Gasteiger partial charge in [0.25, 0.3) is 0 Å². The summed E-state index contributed by atoms with van der Waals surface area (Å²) in [6.07, 6.45) is 4.02. The minimum Gasteiger partial charge on any atom is -0.369 e. The van der Waals surface area contributed by atoms with E-state index in [1.165, 1.54) is 35.7 Å². The molecule has 2 aromatic rings. The van der Waals surface area contributed by atoms with Gasteiger partial charge in [-0.1, -0.05) is 36.4 Å². The highest BCUT2D eigenvalue weighted by Crippen LogP contribution is 2.41. The molecule has 0 aromatic heterocycles. The summed E-state index contributed by atoms with van der Waals surface area (Å²) in [5.41, 5.74) is 1.69. The molecule has 21 heavy (non-hydrogen) atoms. The number of hydrogen-bond donors (Lipinski definition) is 1. The summed E-state index contributed by atoms with van der Waals surface area (Å²) < 4.78 is 0. The number of benzene rings is 2. The molecule has 2 aromatic carbocycles. The van der Waals surface area contributed by atoms with E-state index in [9.17, 15) is 0 Å². The fourth-order valence-electron chi connectivity index (χ4n) is 3.86. The second-order valence-corrected chi connectivity index (χ2v) is 6.89. The van der Waals surface area contributed by atoms with Crippen molar-refractivity contribution < 1.29 is 0 Å². The lowest BCUT2D eigenvalue weighted by Crippen LogP contribution is -2.51. The van der Waals surface area contributed by atoms with Crippen molar-refractivity contribution in [2.45, 2.75) is 31.7 Å². The Morgan fingerprint density at radius 3 is 2.76 bits per heavy atom. The van der Waals surface area contributed by atoms with Crippen LogP contribution in [-0.2, 0) is 0 Å². The number of hydrogen-bond acceptors (Lipinski definition) is 2. The monoisotopic (exact) mass is 280 g/mol. The predicted octanol–water partition coefficient (Wildman–Crippen LogP) is 3.81. The molecule has 0 bridgehead atoms. The Bertz CT molecular complexity index is 642. The van der Waals surface area contributed by atoms with Crippen LogP contribution < -0.4 is 10.2 Å². The van der Waals surface area contributed by atoms with Gasteiger partial charge in [-0.05, 0) is 50.1 Å². The SMILES string of the molecule is CC1(C2CC2)CN(c2cccc3ccccc23)CCCN1. The van der Waals surface area contributed by atoms with Gasteiger partial charge >= 0.3 is 0 Å². The van der Waals surface area contributed by atoms with Crippen molar-refractivity contribution in [1.82, 2.24) is 5.32 Å². The van der Waals surface area contributed by atoms with E-state index < -0.39 is 0 Å². The van der Waals surface area contributed by atoms with Crippen molar-refractivity contribution in [3.63, 3.8) is 0 Å². The van der Waals surface area contributed by atoms with Crippen molar-refractivity contribution in [1.29, 1.82) is 0 Å². The van der Waals surface area contributed by atoms with Crippen LogP contribution in [0.1, 0.15) is 26.2 Å². The second kappa shape index (κ2) is 5.03. The van der Waals surface area contributed by atoms with E-state index in [2.05, 4.69) is 59.6 Å². The Hall–Kier alpha value is -1.54. The highest BCUT2D eigenvalue weighted by molar-refractivity contribution is 5.94. The van der Waals surface area contributed by atoms with Gasteiger partial charge in [0.05, 0.1) is 0 Å². The van der Waals surface area contributed by atoms with Gasteiger partial charge in [-0.25, -0.2) is 0 Å². The van der Waals surface area contributed by atoms with Crippen LogP contribution in [0.4, 0.5) is 5.69 Å². The molecule has 1 saturated carbocycles. The van der Waals surface area contributed by atoms with E-state index in [0.29, 0.717) is 0 Å². The molecule has 1 atom stereocenters. The summed E-state index contributed by atoms with van der Waals surface area (Å²) in [6.45, 7) is 5.86. The molecule has 4 rings (SSSR count). The van der Waals surface area contributed by atoms with Crippen molar-refractivity contribution in [3.05, 3.63) is 42.5 Å². The zero-order valence-electron chi connectivity index (χ0n) is 12.8. The Morgan fingerprint density at radius 2 is 1.90 bits per heavy atom. The molecule has 0 radical (unpaired) electrons. The molecule has 1 N–H and O–H groups in total. The zero-order chi connectivity index (χ0) is 14.3. The summed E-state index contributed by atoms with van der Waals surface area (Å²) in [5, 5.41) is 6.56. The van der Waals surface area contributed by atoms with Crippen LogP contribution >= 0.6 is 0 Å². The van der Waals surface area contributed by atoms with Gasteiger partial charge in [0, 0.05) is 29.7 Å². The minimum atomic E-state index is 0.285. The van der Waals surface area contributed by atoms with Gasteiger partial charge in [-0.15, -0.1) is 0 Å². The maximum absolute atomic E-state index is 3.83. The van der Waals surface area contributed by atoms with Gasteiger partial charge in [0.1, 0.15) is 0 Å². The third-order valence-electron chi connectivity index (χ3n) is 5.24. The molecule has 1 saturated heterocycles. The maximum atomic E-state index is 3.83. The molecular formula is C19H24N2. The summed E-state index contributed by atoms with van der Waals surface area (Å²) in [7, 11) is 0. The van der Waals surface area contributed by atoms with Gasteiger partial charge in [0.15, 0.2) is 0 Å². The third-order valence-corrected chi connectivity index (χ3v) is 5.24. The summed E-state index contributed by atoms with van der Waals surface area (Å²) in [5.74, 6) is 0.869. The number of nitrogens with zero attached hydrogens (tertiary/aromatic N) is 1. The second-order valence-electron chi connectivity index (χ2n) is 6.89. The molecule has 1 heterocycles. The smallest absolute Gasteiger partial charge is 0.0446 e. The highest BCUT2D eigenvalue weighted by Gasteiger charge is 2.43. The van der Waals surface area contributed by atoms with Crippen LogP contribution in [0.15, 0.2) is 42.5 Å². The molecule has 2 nitrogen and oxygen atoms in total. The van der Waals surface area contributed by atoms with E-state index in [-0.39, 0.29) is 5.54 Å². The van der Waals surface area contributed by atoms with Gasteiger partial charge < -0.3 is 10.2 Å². The Labute approximate surface area is 127 Å². The van der Waals surface area contributed by atoms with E-state index >= 15 is 0 Å². The van der Waals surface area contributed by atoms with E-state index in [1.807, 2.05) is 0 Å². The largest absolute Gasteiger partial charge is 0.369 e. The molecule has 1 unspecified atom stereocenters. The first-order valence-electron chi connectivity index (χ1n) is 8.24. The summed E-state index contributed by atoms with van der Waals surface area (Å²) >= 11 is 0. The molecule has 0 amide bonds. The van der Waals surface area contributed by atoms with E-state index in [1.54, 1.807) is 0 Å². The molecule has 2 heteroatoms. The molecule has 1 aliphatic heterocycles. The van der Waals surface area contributed by atoms with Crippen LogP contribution in [-0.4, -0.2) is 25.2 Å². The van der Waals surface area contributed by atoms with Crippen molar-refractivity contribution in [2.24, 2.45) is 5.92 Å². The third kappa shape index (κ3) is 2.42. The lowest BCUT2D eigenvalue weighted by atomic mass is 9.95. The van der Waals surface area contributed by atoms with Crippen LogP contribution in [0.5, 0.6) is 0 Å². The van der Waals surface area contributed by atoms with Crippen LogP contribution in [0.25, 0.3) is 10.8 Å². The number of anilines is 1. The van der Waals surface area contributed by atoms with E-state index in [0.717, 1.165) is 25.6 Å². The fraction of sp³-hybridized carbons (Fsp3) is 0.474.